The third kappa shape index (κ3) is 5.77. The second kappa shape index (κ2) is 12.6. The molecule has 6 rings (SSSR count). The van der Waals surface area contributed by atoms with Crippen molar-refractivity contribution in [3.05, 3.63) is 117 Å². The number of hydrogen-bond donors (Lipinski definition) is 2. The molecule has 252 valence electrons. The van der Waals surface area contributed by atoms with E-state index in [1.807, 2.05) is 49.1 Å². The topological polar surface area (TPSA) is 124 Å². The maximum atomic E-state index is 11.8. The van der Waals surface area contributed by atoms with Gasteiger partial charge in [0.1, 0.15) is 6.42 Å². The summed E-state index contributed by atoms with van der Waals surface area (Å²) in [5.74, 6) is -1.44. The van der Waals surface area contributed by atoms with Gasteiger partial charge in [-0.2, -0.15) is 4.58 Å². The van der Waals surface area contributed by atoms with Crippen LogP contribution in [0.1, 0.15) is 82.1 Å². The smallest absolute Gasteiger partial charge is 0.309 e. The standard InChI is InChI=1S/C40H41N3O6/c1-25-12-11-15-29-36(25)27-13-9-10-14-28(27)38-37(29)40(4,5)33(42(38)23-21-35(46)47)17-8-6-7-16-32-39(2,3)30-19-18-26(43(48)49)24-31(30)41(32)22-20-34(44)45/h6-11,13-19,24-25H,12,20-23H2,1-5H3,(H-,44,45,46,47)/p+1. The number of non-ortho nitro benzene ring substituents is 1. The number of anilines is 1. The molecule has 3 aromatic carbocycles. The number of benzene rings is 3. The number of nitrogens with zero attached hydrogens (tertiary/aromatic N) is 3. The number of carbonyl (C=O) groups is 2. The summed E-state index contributed by atoms with van der Waals surface area (Å²) in [5.41, 5.74) is 7.28. The van der Waals surface area contributed by atoms with Crippen LogP contribution in [0.4, 0.5) is 17.1 Å². The first-order chi connectivity index (χ1) is 23.2. The zero-order valence-electron chi connectivity index (χ0n) is 28.6. The molecule has 0 aromatic heterocycles. The van der Waals surface area contributed by atoms with Gasteiger partial charge in [0.05, 0.1) is 27.8 Å². The highest BCUT2D eigenvalue weighted by atomic mass is 16.6. The van der Waals surface area contributed by atoms with Crippen molar-refractivity contribution in [1.82, 2.24) is 0 Å². The second-order valence-corrected chi connectivity index (χ2v) is 14.1. The number of nitro groups is 1. The monoisotopic (exact) mass is 660 g/mol. The first-order valence-electron chi connectivity index (χ1n) is 16.7. The van der Waals surface area contributed by atoms with E-state index in [1.54, 1.807) is 6.07 Å². The van der Waals surface area contributed by atoms with Gasteiger partial charge in [0, 0.05) is 41.4 Å². The van der Waals surface area contributed by atoms with Crippen molar-refractivity contribution in [3.8, 4) is 0 Å². The molecule has 0 saturated carbocycles. The summed E-state index contributed by atoms with van der Waals surface area (Å²) in [5, 5.41) is 33.1. The quantitative estimate of drug-likeness (QED) is 0.0969. The summed E-state index contributed by atoms with van der Waals surface area (Å²) in [6, 6.07) is 13.2. The molecule has 0 saturated heterocycles. The SMILES string of the molecule is CC1CC=Cc2c3c(c4ccccc4c21)[N+](CCC(=O)O)=C(/C=C/C=C/C=C1\N(CCC(=O)O)c2cc([N+](=O)[O-])ccc2C1(C)C)C3(C)C. The summed E-state index contributed by atoms with van der Waals surface area (Å²) in [6.07, 6.45) is 15.1. The Morgan fingerprint density at radius 2 is 1.71 bits per heavy atom. The van der Waals surface area contributed by atoms with Crippen molar-refractivity contribution < 1.29 is 29.3 Å². The van der Waals surface area contributed by atoms with Crippen LogP contribution in [0.3, 0.4) is 0 Å². The van der Waals surface area contributed by atoms with Crippen LogP contribution in [0.15, 0.2) is 84.6 Å². The molecule has 3 aliphatic rings. The largest absolute Gasteiger partial charge is 0.481 e. The van der Waals surface area contributed by atoms with E-state index in [1.165, 1.54) is 34.2 Å². The lowest BCUT2D eigenvalue weighted by Gasteiger charge is -2.26. The zero-order valence-corrected chi connectivity index (χ0v) is 28.6. The fourth-order valence-corrected chi connectivity index (χ4v) is 8.01. The van der Waals surface area contributed by atoms with Crippen LogP contribution >= 0.6 is 0 Å². The Bertz CT molecular complexity index is 2060. The van der Waals surface area contributed by atoms with E-state index < -0.39 is 27.7 Å². The van der Waals surface area contributed by atoms with Crippen LogP contribution in [0.2, 0.25) is 0 Å². The van der Waals surface area contributed by atoms with Crippen molar-refractivity contribution in [2.75, 3.05) is 18.0 Å². The minimum absolute atomic E-state index is 0.00751. The molecule has 1 atom stereocenters. The van der Waals surface area contributed by atoms with Gasteiger partial charge in [-0.25, -0.2) is 0 Å². The molecule has 3 aromatic rings. The number of nitro benzene ring substituents is 1. The highest BCUT2D eigenvalue weighted by molar-refractivity contribution is 6.10. The first-order valence-corrected chi connectivity index (χ1v) is 16.7. The van der Waals surface area contributed by atoms with Crippen molar-refractivity contribution in [1.29, 1.82) is 0 Å². The highest BCUT2D eigenvalue weighted by Gasteiger charge is 2.48. The van der Waals surface area contributed by atoms with E-state index in [-0.39, 0.29) is 25.1 Å². The molecule has 2 N–H and O–H groups in total. The number of hydrogen-bond acceptors (Lipinski definition) is 5. The molecule has 0 spiro atoms. The van der Waals surface area contributed by atoms with Gasteiger partial charge in [-0.05, 0) is 66.5 Å². The number of rotatable bonds is 10. The summed E-state index contributed by atoms with van der Waals surface area (Å²) in [6.45, 7) is 11.2. The number of aliphatic carboxylic acids is 2. The van der Waals surface area contributed by atoms with E-state index >= 15 is 0 Å². The predicted molar refractivity (Wildman–Crippen MR) is 193 cm³/mol. The minimum atomic E-state index is -0.946. The number of carboxylic acids is 2. The van der Waals surface area contributed by atoms with Gasteiger partial charge in [-0.3, -0.25) is 19.7 Å². The molecule has 1 unspecified atom stereocenters. The molecule has 0 fully saturated rings. The Hall–Kier alpha value is -5.31. The van der Waals surface area contributed by atoms with Crippen LogP contribution in [0.25, 0.3) is 16.8 Å². The lowest BCUT2D eigenvalue weighted by molar-refractivity contribution is -0.435. The van der Waals surface area contributed by atoms with E-state index in [0.717, 1.165) is 34.5 Å². The van der Waals surface area contributed by atoms with Crippen LogP contribution in [0.5, 0.6) is 0 Å². The van der Waals surface area contributed by atoms with E-state index in [2.05, 4.69) is 61.8 Å². The predicted octanol–water partition coefficient (Wildman–Crippen LogP) is 8.39. The van der Waals surface area contributed by atoms with Crippen LogP contribution in [-0.2, 0) is 20.4 Å². The molecule has 0 bridgehead atoms. The minimum Gasteiger partial charge on any atom is -0.481 e. The number of allylic oxidation sites excluding steroid dienone is 7. The van der Waals surface area contributed by atoms with Gasteiger partial charge in [-0.15, -0.1) is 0 Å². The van der Waals surface area contributed by atoms with E-state index in [0.29, 0.717) is 18.2 Å². The van der Waals surface area contributed by atoms with E-state index in [9.17, 15) is 29.9 Å². The van der Waals surface area contributed by atoms with Gasteiger partial charge in [-0.1, -0.05) is 69.4 Å². The average molecular weight is 661 g/mol. The van der Waals surface area contributed by atoms with Crippen LogP contribution in [0, 0.1) is 10.1 Å². The molecule has 9 nitrogen and oxygen atoms in total. The highest BCUT2D eigenvalue weighted by Crippen LogP contribution is 2.52. The van der Waals surface area contributed by atoms with Crippen LogP contribution in [-0.4, -0.2) is 50.5 Å². The van der Waals surface area contributed by atoms with Gasteiger partial charge in [0.15, 0.2) is 12.3 Å². The van der Waals surface area contributed by atoms with Gasteiger partial charge in [0.2, 0.25) is 5.69 Å². The fraction of sp³-hybridized carbons (Fsp3) is 0.325. The van der Waals surface area contributed by atoms with Gasteiger partial charge < -0.3 is 15.1 Å². The maximum absolute atomic E-state index is 11.8. The summed E-state index contributed by atoms with van der Waals surface area (Å²) in [4.78, 5) is 36.4. The summed E-state index contributed by atoms with van der Waals surface area (Å²) >= 11 is 0. The Morgan fingerprint density at radius 3 is 2.41 bits per heavy atom. The van der Waals surface area contributed by atoms with E-state index in [4.69, 9.17) is 0 Å². The fourth-order valence-electron chi connectivity index (χ4n) is 8.01. The van der Waals surface area contributed by atoms with Gasteiger partial charge in [0.25, 0.3) is 5.69 Å². The number of carboxylic acid groups (broad SMARTS) is 2. The third-order valence-electron chi connectivity index (χ3n) is 10.3. The molecule has 0 radical (unpaired) electrons. The lowest BCUT2D eigenvalue weighted by atomic mass is 9.73. The van der Waals surface area contributed by atoms with Crippen molar-refractivity contribution >= 4 is 51.6 Å². The van der Waals surface area contributed by atoms with Crippen molar-refractivity contribution in [2.45, 2.75) is 70.6 Å². The Morgan fingerprint density at radius 1 is 1.00 bits per heavy atom. The normalized spacial score (nSPS) is 19.7. The zero-order chi connectivity index (χ0) is 35.2. The average Bonchev–Trinajstić information content (AvgIpc) is 3.40. The number of fused-ring (bicyclic) bond motifs is 7. The Balaban J connectivity index is 1.41. The van der Waals surface area contributed by atoms with Gasteiger partial charge >= 0.3 is 11.9 Å². The summed E-state index contributed by atoms with van der Waals surface area (Å²) < 4.78 is 2.18. The molecule has 2 heterocycles. The second-order valence-electron chi connectivity index (χ2n) is 14.1. The molecule has 0 amide bonds. The lowest BCUT2D eigenvalue weighted by Crippen LogP contribution is -2.29. The Kier molecular flexibility index (Phi) is 8.65. The van der Waals surface area contributed by atoms with Crippen molar-refractivity contribution in [3.63, 3.8) is 0 Å². The molecule has 9 heteroatoms. The first kappa shape index (κ1) is 33.6. The molecule has 1 aliphatic carbocycles. The van der Waals surface area contributed by atoms with Crippen LogP contribution < -0.4 is 4.90 Å². The Labute approximate surface area is 286 Å². The van der Waals surface area contributed by atoms with Crippen molar-refractivity contribution in [2.24, 2.45) is 0 Å². The molecular weight excluding hydrogens is 618 g/mol. The summed E-state index contributed by atoms with van der Waals surface area (Å²) in [7, 11) is 0. The maximum Gasteiger partial charge on any atom is 0.309 e. The molecular formula is C40H42N3O6+. The molecule has 49 heavy (non-hydrogen) atoms. The molecule has 2 aliphatic heterocycles. The third-order valence-corrected chi connectivity index (χ3v) is 10.3.